The normalized spacial score (nSPS) is 12.1. The summed E-state index contributed by atoms with van der Waals surface area (Å²) in [6.45, 7) is -3.78. The summed E-state index contributed by atoms with van der Waals surface area (Å²) in [7, 11) is 0. The van der Waals surface area contributed by atoms with Gasteiger partial charge in [-0.2, -0.15) is 31.4 Å². The second-order valence-electron chi connectivity index (χ2n) is 7.24. The molecule has 0 atom stereocenters. The third-order valence-corrected chi connectivity index (χ3v) is 4.60. The molecule has 188 valence electrons. The van der Waals surface area contributed by atoms with E-state index in [4.69, 9.17) is 4.74 Å². The highest BCUT2D eigenvalue weighted by atomic mass is 19.4. The molecule has 1 aromatic heterocycles. The van der Waals surface area contributed by atoms with Crippen molar-refractivity contribution in [3.8, 4) is 17.0 Å². The lowest BCUT2D eigenvalue weighted by molar-refractivity contribution is -0.153. The van der Waals surface area contributed by atoms with Crippen molar-refractivity contribution in [3.05, 3.63) is 71.4 Å². The lowest BCUT2D eigenvalue weighted by Crippen LogP contribution is -2.26. The number of nitrogens with zero attached hydrogens (tertiary/aromatic N) is 2. The maximum Gasteiger partial charge on any atom is 0.422 e. The Morgan fingerprint density at radius 2 is 1.57 bits per heavy atom. The van der Waals surface area contributed by atoms with Gasteiger partial charge in [0.05, 0.1) is 11.3 Å². The second-order valence-corrected chi connectivity index (χ2v) is 7.24. The highest BCUT2D eigenvalue weighted by Gasteiger charge is 2.35. The van der Waals surface area contributed by atoms with E-state index in [1.807, 2.05) is 0 Å². The number of ether oxygens (including phenoxy) is 1. The first kappa shape index (κ1) is 26.0. The van der Waals surface area contributed by atoms with E-state index in [-0.39, 0.29) is 21.6 Å². The largest absolute Gasteiger partial charge is 0.484 e. The van der Waals surface area contributed by atoms with Crippen molar-refractivity contribution in [2.75, 3.05) is 6.61 Å². The van der Waals surface area contributed by atoms with Gasteiger partial charge in [-0.25, -0.2) is 8.78 Å². The van der Waals surface area contributed by atoms with Crippen molar-refractivity contribution in [1.82, 2.24) is 15.1 Å². The maximum absolute atomic E-state index is 14.0. The monoisotopic (exact) mass is 507 g/mol. The van der Waals surface area contributed by atoms with Crippen LogP contribution in [0.15, 0.2) is 54.6 Å². The lowest BCUT2D eigenvalue weighted by Gasteiger charge is -2.13. The van der Waals surface area contributed by atoms with Crippen LogP contribution in [0.3, 0.4) is 0 Å². The maximum atomic E-state index is 14.0. The van der Waals surface area contributed by atoms with E-state index in [1.54, 1.807) is 0 Å². The van der Waals surface area contributed by atoms with Crippen molar-refractivity contribution >= 4 is 5.91 Å². The summed E-state index contributed by atoms with van der Waals surface area (Å²) >= 11 is 0. The molecule has 1 heterocycles. The molecule has 3 rings (SSSR count). The fraction of sp³-hybridized carbons (Fsp3) is 0.273. The van der Waals surface area contributed by atoms with Crippen LogP contribution >= 0.6 is 0 Å². The predicted molar refractivity (Wildman–Crippen MR) is 108 cm³/mol. The molecular weight excluding hydrogens is 490 g/mol. The van der Waals surface area contributed by atoms with Gasteiger partial charge in [0.1, 0.15) is 12.3 Å². The quantitative estimate of drug-likeness (QED) is 0.385. The Hall–Kier alpha value is -3.64. The van der Waals surface area contributed by atoms with Gasteiger partial charge in [0, 0.05) is 17.7 Å². The minimum absolute atomic E-state index is 0.00973. The molecule has 0 saturated carbocycles. The van der Waals surface area contributed by atoms with Gasteiger partial charge in [-0.05, 0) is 6.07 Å². The topological polar surface area (TPSA) is 56.1 Å². The Morgan fingerprint density at radius 3 is 2.17 bits per heavy atom. The van der Waals surface area contributed by atoms with Gasteiger partial charge in [-0.3, -0.25) is 9.48 Å². The van der Waals surface area contributed by atoms with E-state index in [9.17, 15) is 39.9 Å². The van der Waals surface area contributed by atoms with Gasteiger partial charge in [0.15, 0.2) is 12.3 Å². The molecule has 13 heteroatoms. The number of benzene rings is 2. The number of carbonyl (C=O) groups is 1. The first-order valence-corrected chi connectivity index (χ1v) is 9.92. The molecule has 0 spiro atoms. The van der Waals surface area contributed by atoms with Crippen molar-refractivity contribution in [3.63, 3.8) is 0 Å². The number of aromatic nitrogens is 2. The highest BCUT2D eigenvalue weighted by Crippen LogP contribution is 2.35. The number of carbonyl (C=O) groups excluding carboxylic acids is 1. The number of hydrogen-bond acceptors (Lipinski definition) is 3. The van der Waals surface area contributed by atoms with E-state index < -0.39 is 61.3 Å². The number of nitrogens with one attached hydrogen (secondary N) is 1. The molecule has 1 amide bonds. The van der Waals surface area contributed by atoms with Crippen LogP contribution in [0.25, 0.3) is 11.3 Å². The number of hydrogen-bond donors (Lipinski definition) is 1. The predicted octanol–water partition coefficient (Wildman–Crippen LogP) is 5.92. The van der Waals surface area contributed by atoms with E-state index in [1.165, 1.54) is 54.6 Å². The third-order valence-electron chi connectivity index (χ3n) is 4.60. The molecule has 2 aromatic carbocycles. The fourth-order valence-corrected chi connectivity index (χ4v) is 3.24. The molecular formula is C22H17F8N3O2. The van der Waals surface area contributed by atoms with E-state index in [0.29, 0.717) is 0 Å². The summed E-state index contributed by atoms with van der Waals surface area (Å²) in [6, 6.07) is 12.3. The lowest BCUT2D eigenvalue weighted by atomic mass is 10.1. The molecule has 0 aliphatic heterocycles. The Labute approximate surface area is 193 Å². The molecule has 3 aromatic rings. The second kappa shape index (κ2) is 10.3. The zero-order valence-corrected chi connectivity index (χ0v) is 17.6. The number of alkyl halides is 8. The molecule has 0 radical (unpaired) electrons. The van der Waals surface area contributed by atoms with Crippen LogP contribution in [-0.2, 0) is 13.1 Å². The Balaban J connectivity index is 1.93. The van der Waals surface area contributed by atoms with Gasteiger partial charge in [-0.15, -0.1) is 0 Å². The number of para-hydroxylation sites is 1. The Bertz CT molecular complexity index is 1160. The zero-order chi connectivity index (χ0) is 25.8. The average Bonchev–Trinajstić information content (AvgIpc) is 3.14. The molecule has 1 N–H and O–H groups in total. The first-order chi connectivity index (χ1) is 16.4. The summed E-state index contributed by atoms with van der Waals surface area (Å²) < 4.78 is 110. The molecule has 0 bridgehead atoms. The van der Waals surface area contributed by atoms with E-state index in [0.717, 1.165) is 0 Å². The summed E-state index contributed by atoms with van der Waals surface area (Å²) in [6.07, 6.45) is -12.8. The third kappa shape index (κ3) is 6.93. The van der Waals surface area contributed by atoms with Gasteiger partial charge < -0.3 is 10.1 Å². The average molecular weight is 507 g/mol. The van der Waals surface area contributed by atoms with Crippen LogP contribution in [0.5, 0.6) is 5.75 Å². The van der Waals surface area contributed by atoms with Crippen molar-refractivity contribution < 1.29 is 44.7 Å². The van der Waals surface area contributed by atoms with Crippen LogP contribution in [0.4, 0.5) is 35.1 Å². The Kier molecular flexibility index (Phi) is 7.66. The van der Waals surface area contributed by atoms with Crippen molar-refractivity contribution in [1.29, 1.82) is 0 Å². The number of amides is 1. The van der Waals surface area contributed by atoms with Crippen LogP contribution in [0.1, 0.15) is 28.0 Å². The fourth-order valence-electron chi connectivity index (χ4n) is 3.24. The number of halogens is 8. The first-order valence-electron chi connectivity index (χ1n) is 9.92. The molecule has 5 nitrogen and oxygen atoms in total. The highest BCUT2D eigenvalue weighted by molar-refractivity contribution is 5.95. The van der Waals surface area contributed by atoms with Gasteiger partial charge in [0.2, 0.25) is 0 Å². The van der Waals surface area contributed by atoms with Crippen LogP contribution in [0.2, 0.25) is 0 Å². The van der Waals surface area contributed by atoms with Crippen molar-refractivity contribution in [2.45, 2.75) is 31.9 Å². The Morgan fingerprint density at radius 1 is 0.943 bits per heavy atom. The van der Waals surface area contributed by atoms with E-state index >= 15 is 0 Å². The summed E-state index contributed by atoms with van der Waals surface area (Å²) in [5.41, 5.74) is -2.43. The molecule has 35 heavy (non-hydrogen) atoms. The summed E-state index contributed by atoms with van der Waals surface area (Å²) in [4.78, 5) is 12.7. The molecule has 0 fully saturated rings. The zero-order valence-electron chi connectivity index (χ0n) is 17.6. The minimum atomic E-state index is -4.82. The van der Waals surface area contributed by atoms with Crippen LogP contribution < -0.4 is 10.1 Å². The standard InChI is InChI=1S/C22H17F8N3O2/c23-19(24)16-17(32-33(11-21(25,26)27)18(16)13-6-2-1-3-7-13)20(34)31-10-14-8-4-5-9-15(14)35-12-22(28,29)30/h1-9,19H,10-12H2,(H,31,34). The minimum Gasteiger partial charge on any atom is -0.484 e. The SMILES string of the molecule is O=C(NCc1ccccc1OCC(F)(F)F)c1nn(CC(F)(F)F)c(-c2ccccc2)c1C(F)F. The number of rotatable bonds is 8. The summed E-state index contributed by atoms with van der Waals surface area (Å²) in [5, 5.41) is 5.73. The van der Waals surface area contributed by atoms with E-state index in [2.05, 4.69) is 10.4 Å². The van der Waals surface area contributed by atoms with Gasteiger partial charge in [-0.1, -0.05) is 48.5 Å². The molecule has 0 aliphatic rings. The van der Waals surface area contributed by atoms with Crippen LogP contribution in [-0.4, -0.2) is 34.6 Å². The smallest absolute Gasteiger partial charge is 0.422 e. The molecule has 0 unspecified atom stereocenters. The van der Waals surface area contributed by atoms with Crippen LogP contribution in [0, 0.1) is 0 Å². The van der Waals surface area contributed by atoms with Crippen molar-refractivity contribution in [2.24, 2.45) is 0 Å². The molecule has 0 aliphatic carbocycles. The van der Waals surface area contributed by atoms with Gasteiger partial charge in [0.25, 0.3) is 12.3 Å². The molecule has 0 saturated heterocycles. The summed E-state index contributed by atoms with van der Waals surface area (Å²) in [5.74, 6) is -1.45. The van der Waals surface area contributed by atoms with Gasteiger partial charge >= 0.3 is 12.4 Å².